The summed E-state index contributed by atoms with van der Waals surface area (Å²) in [6, 6.07) is 18.9. The molecule has 0 radical (unpaired) electrons. The first-order chi connectivity index (χ1) is 11.7. The topological polar surface area (TPSA) is 53.6 Å². The van der Waals surface area contributed by atoms with Crippen LogP contribution in [-0.4, -0.2) is 31.0 Å². The zero-order chi connectivity index (χ0) is 17.2. The van der Waals surface area contributed by atoms with Crippen molar-refractivity contribution in [2.75, 3.05) is 20.1 Å². The van der Waals surface area contributed by atoms with Crippen molar-refractivity contribution in [1.82, 2.24) is 10.2 Å². The first-order valence-corrected chi connectivity index (χ1v) is 8.51. The molecule has 2 aromatic rings. The van der Waals surface area contributed by atoms with Crippen molar-refractivity contribution in [1.29, 1.82) is 0 Å². The quantitative estimate of drug-likeness (QED) is 0.580. The Labute approximate surface area is 145 Å². The molecule has 0 spiro atoms. The minimum absolute atomic E-state index is 0.502. The van der Waals surface area contributed by atoms with Crippen molar-refractivity contribution in [3.8, 4) is 0 Å². The molecule has 0 amide bonds. The van der Waals surface area contributed by atoms with E-state index >= 15 is 0 Å². The predicted molar refractivity (Wildman–Crippen MR) is 102 cm³/mol. The minimum atomic E-state index is 0.502. The zero-order valence-corrected chi connectivity index (χ0v) is 14.7. The van der Waals surface area contributed by atoms with Crippen LogP contribution in [0, 0.1) is 0 Å². The van der Waals surface area contributed by atoms with Gasteiger partial charge in [0.05, 0.1) is 6.54 Å². The molecular formula is C20H28N4. The van der Waals surface area contributed by atoms with Crippen LogP contribution in [-0.2, 0) is 19.5 Å². The SMILES string of the molecule is CCN(C)Cc1cccc(CN=C(N)NCCc2ccccc2)c1. The molecule has 3 N–H and O–H groups in total. The molecule has 0 aliphatic carbocycles. The van der Waals surface area contributed by atoms with E-state index in [4.69, 9.17) is 5.73 Å². The molecule has 4 heteroatoms. The van der Waals surface area contributed by atoms with Gasteiger partial charge in [0.1, 0.15) is 0 Å². The molecule has 4 nitrogen and oxygen atoms in total. The number of hydrogen-bond acceptors (Lipinski definition) is 2. The van der Waals surface area contributed by atoms with Gasteiger partial charge in [-0.1, -0.05) is 61.5 Å². The third-order valence-corrected chi connectivity index (χ3v) is 3.98. The van der Waals surface area contributed by atoms with Crippen LogP contribution in [0.15, 0.2) is 59.6 Å². The van der Waals surface area contributed by atoms with E-state index in [2.05, 4.69) is 77.7 Å². The Kier molecular flexibility index (Phi) is 7.30. The van der Waals surface area contributed by atoms with Gasteiger partial charge in [-0.15, -0.1) is 0 Å². The Morgan fingerprint density at radius 2 is 1.75 bits per heavy atom. The van der Waals surface area contributed by atoms with Crippen LogP contribution >= 0.6 is 0 Å². The summed E-state index contributed by atoms with van der Waals surface area (Å²) in [6.07, 6.45) is 0.940. The van der Waals surface area contributed by atoms with E-state index in [1.807, 2.05) is 6.07 Å². The van der Waals surface area contributed by atoms with Gasteiger partial charge in [0.2, 0.25) is 0 Å². The van der Waals surface area contributed by atoms with Gasteiger partial charge in [0, 0.05) is 13.1 Å². The van der Waals surface area contributed by atoms with Crippen molar-refractivity contribution in [3.63, 3.8) is 0 Å². The molecule has 2 rings (SSSR count). The summed E-state index contributed by atoms with van der Waals surface area (Å²) in [5.74, 6) is 0.502. The summed E-state index contributed by atoms with van der Waals surface area (Å²) < 4.78 is 0. The van der Waals surface area contributed by atoms with Crippen LogP contribution in [0.25, 0.3) is 0 Å². The largest absolute Gasteiger partial charge is 0.370 e. The van der Waals surface area contributed by atoms with E-state index in [9.17, 15) is 0 Å². The lowest BCUT2D eigenvalue weighted by Crippen LogP contribution is -2.33. The van der Waals surface area contributed by atoms with E-state index in [1.54, 1.807) is 0 Å². The van der Waals surface area contributed by atoms with E-state index in [0.29, 0.717) is 12.5 Å². The number of nitrogens with two attached hydrogens (primary N) is 1. The molecule has 0 unspecified atom stereocenters. The van der Waals surface area contributed by atoms with Crippen LogP contribution in [0.5, 0.6) is 0 Å². The van der Waals surface area contributed by atoms with Crippen molar-refractivity contribution in [2.45, 2.75) is 26.4 Å². The van der Waals surface area contributed by atoms with E-state index in [1.165, 1.54) is 16.7 Å². The molecule has 0 atom stereocenters. The first kappa shape index (κ1) is 18.0. The molecule has 0 aromatic heterocycles. The Bertz CT molecular complexity index is 637. The molecule has 0 heterocycles. The zero-order valence-electron chi connectivity index (χ0n) is 14.7. The van der Waals surface area contributed by atoms with Crippen molar-refractivity contribution < 1.29 is 0 Å². The van der Waals surface area contributed by atoms with E-state index < -0.39 is 0 Å². The Morgan fingerprint density at radius 3 is 2.50 bits per heavy atom. The van der Waals surface area contributed by atoms with Crippen LogP contribution < -0.4 is 11.1 Å². The molecule has 24 heavy (non-hydrogen) atoms. The second-order valence-electron chi connectivity index (χ2n) is 6.01. The second-order valence-corrected chi connectivity index (χ2v) is 6.01. The molecule has 0 fully saturated rings. The molecule has 0 aliphatic heterocycles. The van der Waals surface area contributed by atoms with Crippen LogP contribution in [0.2, 0.25) is 0 Å². The summed E-state index contributed by atoms with van der Waals surface area (Å²) in [5, 5.41) is 3.18. The third-order valence-electron chi connectivity index (χ3n) is 3.98. The van der Waals surface area contributed by atoms with Gasteiger partial charge in [-0.05, 0) is 36.7 Å². The molecule has 0 bridgehead atoms. The maximum absolute atomic E-state index is 5.96. The van der Waals surface area contributed by atoms with E-state index in [-0.39, 0.29) is 0 Å². The first-order valence-electron chi connectivity index (χ1n) is 8.51. The number of rotatable bonds is 8. The number of benzene rings is 2. The fraction of sp³-hybridized carbons (Fsp3) is 0.350. The summed E-state index contributed by atoms with van der Waals surface area (Å²) in [6.45, 7) is 5.56. The molecular weight excluding hydrogens is 296 g/mol. The molecule has 0 saturated carbocycles. The highest BCUT2D eigenvalue weighted by Crippen LogP contribution is 2.08. The van der Waals surface area contributed by atoms with Gasteiger partial charge in [-0.2, -0.15) is 0 Å². The fourth-order valence-corrected chi connectivity index (χ4v) is 2.46. The second kappa shape index (κ2) is 9.73. The van der Waals surface area contributed by atoms with Gasteiger partial charge in [-0.25, -0.2) is 4.99 Å². The van der Waals surface area contributed by atoms with Crippen molar-refractivity contribution >= 4 is 5.96 Å². The standard InChI is InChI=1S/C20H28N4/c1-3-24(2)16-19-11-7-10-18(14-19)15-23-20(21)22-13-12-17-8-5-4-6-9-17/h4-11,14H,3,12-13,15-16H2,1-2H3,(H3,21,22,23). The van der Waals surface area contributed by atoms with Crippen LogP contribution in [0.3, 0.4) is 0 Å². The maximum Gasteiger partial charge on any atom is 0.188 e. The van der Waals surface area contributed by atoms with Gasteiger partial charge >= 0.3 is 0 Å². The van der Waals surface area contributed by atoms with Gasteiger partial charge in [-0.3, -0.25) is 0 Å². The number of hydrogen-bond donors (Lipinski definition) is 2. The van der Waals surface area contributed by atoms with Gasteiger partial charge in [0.25, 0.3) is 0 Å². The molecule has 0 aliphatic rings. The average Bonchev–Trinajstić information content (AvgIpc) is 2.61. The Morgan fingerprint density at radius 1 is 1.04 bits per heavy atom. The van der Waals surface area contributed by atoms with Crippen molar-refractivity contribution in [3.05, 3.63) is 71.3 Å². The monoisotopic (exact) mass is 324 g/mol. The van der Waals surface area contributed by atoms with Crippen LogP contribution in [0.1, 0.15) is 23.6 Å². The van der Waals surface area contributed by atoms with E-state index in [0.717, 1.165) is 26.1 Å². The highest BCUT2D eigenvalue weighted by atomic mass is 15.1. The van der Waals surface area contributed by atoms with Gasteiger partial charge < -0.3 is 16.0 Å². The summed E-state index contributed by atoms with van der Waals surface area (Å²) in [4.78, 5) is 6.72. The predicted octanol–water partition coefficient (Wildman–Crippen LogP) is 2.79. The lowest BCUT2D eigenvalue weighted by molar-refractivity contribution is 0.345. The van der Waals surface area contributed by atoms with Crippen molar-refractivity contribution in [2.24, 2.45) is 10.7 Å². The summed E-state index contributed by atoms with van der Waals surface area (Å²) >= 11 is 0. The molecule has 2 aromatic carbocycles. The Hall–Kier alpha value is -2.33. The highest BCUT2D eigenvalue weighted by Gasteiger charge is 2.00. The average molecular weight is 324 g/mol. The molecule has 0 saturated heterocycles. The maximum atomic E-state index is 5.96. The lowest BCUT2D eigenvalue weighted by atomic mass is 10.1. The third kappa shape index (κ3) is 6.42. The lowest BCUT2D eigenvalue weighted by Gasteiger charge is -2.14. The van der Waals surface area contributed by atoms with Gasteiger partial charge in [0.15, 0.2) is 5.96 Å². The smallest absolute Gasteiger partial charge is 0.188 e. The van der Waals surface area contributed by atoms with Crippen LogP contribution in [0.4, 0.5) is 0 Å². The summed E-state index contributed by atoms with van der Waals surface area (Å²) in [5.41, 5.74) is 9.75. The number of guanidine groups is 1. The number of nitrogens with zero attached hydrogens (tertiary/aromatic N) is 2. The minimum Gasteiger partial charge on any atom is -0.370 e. The molecule has 128 valence electrons. The fourth-order valence-electron chi connectivity index (χ4n) is 2.46. The number of aliphatic imine (C=N–C) groups is 1. The number of nitrogens with one attached hydrogen (secondary N) is 1. The Balaban J connectivity index is 1.80. The highest BCUT2D eigenvalue weighted by molar-refractivity contribution is 5.77. The summed E-state index contributed by atoms with van der Waals surface area (Å²) in [7, 11) is 2.12. The normalized spacial score (nSPS) is 11.7.